The minimum atomic E-state index is -1.22. The fraction of sp³-hybridized carbons (Fsp3) is 0.100. The monoisotopic (exact) mass is 439 g/mol. The highest BCUT2D eigenvalue weighted by atomic mass is 79.9. The van der Waals surface area contributed by atoms with Crippen LogP contribution in [0.25, 0.3) is 22.6 Å². The average Bonchev–Trinajstić information content (AvgIpc) is 3.04. The minimum absolute atomic E-state index is 0.288. The Morgan fingerprint density at radius 2 is 2.18 bits per heavy atom. The molecule has 0 saturated carbocycles. The smallest absolute Gasteiger partial charge is 0.312 e. The number of carbonyl (C=O) groups excluding carboxylic acids is 1. The van der Waals surface area contributed by atoms with Crippen molar-refractivity contribution in [3.05, 3.63) is 58.5 Å². The third-order valence-electron chi connectivity index (χ3n) is 4.08. The van der Waals surface area contributed by atoms with Crippen LogP contribution in [0, 0.1) is 11.3 Å². The second kappa shape index (κ2) is 8.06. The van der Waals surface area contributed by atoms with Gasteiger partial charge in [-0.1, -0.05) is 15.9 Å². The Balaban J connectivity index is 2.22. The number of halogens is 1. The van der Waals surface area contributed by atoms with E-state index in [9.17, 15) is 14.9 Å². The number of carboxylic acids is 1. The number of rotatable bonds is 5. The molecule has 0 bridgehead atoms. The summed E-state index contributed by atoms with van der Waals surface area (Å²) in [5.74, 6) is -1.27. The summed E-state index contributed by atoms with van der Waals surface area (Å²) in [6.45, 7) is 0. The van der Waals surface area contributed by atoms with E-state index >= 15 is 0 Å². The van der Waals surface area contributed by atoms with Crippen molar-refractivity contribution in [3.63, 3.8) is 0 Å². The maximum absolute atomic E-state index is 12.4. The highest BCUT2D eigenvalue weighted by Crippen LogP contribution is 2.32. The molecule has 0 aliphatic rings. The molecule has 3 rings (SSSR count). The molecular weight excluding hydrogens is 426 g/mol. The van der Waals surface area contributed by atoms with E-state index in [1.807, 2.05) is 0 Å². The normalized spacial score (nSPS) is 11.2. The van der Waals surface area contributed by atoms with Crippen LogP contribution in [0.2, 0.25) is 0 Å². The third kappa shape index (κ3) is 3.80. The number of aliphatic carboxylic acids is 1. The first-order chi connectivity index (χ1) is 13.4. The number of aromatic nitrogens is 2. The van der Waals surface area contributed by atoms with Crippen molar-refractivity contribution in [1.82, 2.24) is 9.55 Å². The van der Waals surface area contributed by atoms with Gasteiger partial charge in [0.25, 0.3) is 0 Å². The molecule has 28 heavy (non-hydrogen) atoms. The highest BCUT2D eigenvalue weighted by Gasteiger charge is 2.19. The van der Waals surface area contributed by atoms with Crippen molar-refractivity contribution in [3.8, 4) is 11.8 Å². The van der Waals surface area contributed by atoms with E-state index in [4.69, 9.17) is 9.84 Å². The Labute approximate surface area is 168 Å². The van der Waals surface area contributed by atoms with E-state index in [1.54, 1.807) is 42.7 Å². The van der Waals surface area contributed by atoms with E-state index < -0.39 is 18.3 Å². The molecule has 2 aromatic heterocycles. The number of fused-ring (bicyclic) bond motifs is 1. The highest BCUT2D eigenvalue weighted by molar-refractivity contribution is 9.10. The fourth-order valence-corrected chi connectivity index (χ4v) is 3.21. The largest absolute Gasteiger partial charge is 0.496 e. The number of pyridine rings is 1. The molecule has 0 aliphatic heterocycles. The Hall–Kier alpha value is -3.44. The third-order valence-corrected chi connectivity index (χ3v) is 4.57. The van der Waals surface area contributed by atoms with E-state index in [0.29, 0.717) is 27.8 Å². The summed E-state index contributed by atoms with van der Waals surface area (Å²) in [6.07, 6.45) is 5.60. The number of benzene rings is 1. The van der Waals surface area contributed by atoms with Crippen LogP contribution in [0.15, 0.2) is 47.3 Å². The molecule has 2 heterocycles. The van der Waals surface area contributed by atoms with Gasteiger partial charge in [-0.15, -0.1) is 0 Å². The molecule has 0 saturated heterocycles. The number of hydrogen-bond donors (Lipinski definition) is 1. The molecule has 1 aromatic carbocycles. The molecule has 0 spiro atoms. The standard InChI is InChI=1S/C20H14BrN3O4/c1-28-18-4-5-23-10-13(18)6-12(9-22)16-11-24(19(25)8-20(26)27)17-3-2-14(21)7-15(16)17/h2-7,10-11H,8H2,1H3,(H,26,27)/b12-6+. The van der Waals surface area contributed by atoms with Gasteiger partial charge in [0.2, 0.25) is 5.91 Å². The van der Waals surface area contributed by atoms with Gasteiger partial charge in [-0.25, -0.2) is 0 Å². The van der Waals surface area contributed by atoms with Crippen molar-refractivity contribution >= 4 is 50.4 Å². The predicted octanol–water partition coefficient (Wildman–Crippen LogP) is 3.99. The van der Waals surface area contributed by atoms with Crippen LogP contribution in [0.1, 0.15) is 22.3 Å². The van der Waals surface area contributed by atoms with Gasteiger partial charge in [-0.2, -0.15) is 5.26 Å². The molecule has 0 unspecified atom stereocenters. The van der Waals surface area contributed by atoms with Crippen LogP contribution >= 0.6 is 15.9 Å². The lowest BCUT2D eigenvalue weighted by molar-refractivity contribution is -0.136. The molecule has 7 nitrogen and oxygen atoms in total. The quantitative estimate of drug-likeness (QED) is 0.475. The molecule has 3 aromatic rings. The number of nitrogens with zero attached hydrogens (tertiary/aromatic N) is 3. The van der Waals surface area contributed by atoms with Crippen molar-refractivity contribution in [2.75, 3.05) is 7.11 Å². The van der Waals surface area contributed by atoms with Gasteiger partial charge in [0.1, 0.15) is 12.2 Å². The molecule has 140 valence electrons. The Kier molecular flexibility index (Phi) is 5.57. The van der Waals surface area contributed by atoms with Crippen LogP contribution in [0.4, 0.5) is 0 Å². The summed E-state index contributed by atoms with van der Waals surface area (Å²) >= 11 is 3.39. The van der Waals surface area contributed by atoms with Gasteiger partial charge in [0, 0.05) is 39.6 Å². The van der Waals surface area contributed by atoms with Crippen molar-refractivity contribution in [2.24, 2.45) is 0 Å². The predicted molar refractivity (Wildman–Crippen MR) is 107 cm³/mol. The second-order valence-corrected chi connectivity index (χ2v) is 6.74. The minimum Gasteiger partial charge on any atom is -0.496 e. The zero-order chi connectivity index (χ0) is 20.3. The molecule has 0 fully saturated rings. The summed E-state index contributed by atoms with van der Waals surface area (Å²) in [5, 5.41) is 19.3. The van der Waals surface area contributed by atoms with Crippen LogP contribution in [-0.4, -0.2) is 33.6 Å². The first kappa shape index (κ1) is 19.3. The van der Waals surface area contributed by atoms with Crippen molar-refractivity contribution in [1.29, 1.82) is 5.26 Å². The maximum atomic E-state index is 12.4. The number of carboxylic acid groups (broad SMARTS) is 1. The lowest BCUT2D eigenvalue weighted by atomic mass is 10.0. The van der Waals surface area contributed by atoms with Gasteiger partial charge >= 0.3 is 5.97 Å². The summed E-state index contributed by atoms with van der Waals surface area (Å²) in [7, 11) is 1.52. The van der Waals surface area contributed by atoms with Crippen LogP contribution < -0.4 is 4.74 Å². The zero-order valence-electron chi connectivity index (χ0n) is 14.7. The molecule has 0 radical (unpaired) electrons. The molecule has 0 atom stereocenters. The first-order valence-corrected chi connectivity index (χ1v) is 8.89. The number of nitriles is 1. The van der Waals surface area contributed by atoms with Crippen LogP contribution in [0.5, 0.6) is 5.75 Å². The zero-order valence-corrected chi connectivity index (χ0v) is 16.3. The van der Waals surface area contributed by atoms with Gasteiger partial charge in [-0.05, 0) is 30.3 Å². The van der Waals surface area contributed by atoms with E-state index in [2.05, 4.69) is 27.0 Å². The summed E-state index contributed by atoms with van der Waals surface area (Å²) in [4.78, 5) is 27.4. The second-order valence-electron chi connectivity index (χ2n) is 5.83. The Morgan fingerprint density at radius 3 is 2.86 bits per heavy atom. The summed E-state index contributed by atoms with van der Waals surface area (Å²) < 4.78 is 7.32. The number of carbonyl (C=O) groups is 2. The van der Waals surface area contributed by atoms with E-state index in [1.165, 1.54) is 17.9 Å². The molecule has 0 amide bonds. The lowest BCUT2D eigenvalue weighted by Gasteiger charge is -2.04. The fourth-order valence-electron chi connectivity index (χ4n) is 2.85. The Morgan fingerprint density at radius 1 is 1.39 bits per heavy atom. The first-order valence-electron chi connectivity index (χ1n) is 8.10. The number of hydrogen-bond acceptors (Lipinski definition) is 5. The van der Waals surface area contributed by atoms with Crippen LogP contribution in [-0.2, 0) is 4.79 Å². The SMILES string of the molecule is COc1ccncc1/C=C(\C#N)c1cn(C(=O)CC(=O)O)c2ccc(Br)cc12. The maximum Gasteiger partial charge on any atom is 0.312 e. The molecule has 8 heteroatoms. The lowest BCUT2D eigenvalue weighted by Crippen LogP contribution is -2.14. The van der Waals surface area contributed by atoms with Gasteiger partial charge in [-0.3, -0.25) is 19.1 Å². The van der Waals surface area contributed by atoms with E-state index in [-0.39, 0.29) is 5.57 Å². The van der Waals surface area contributed by atoms with Crippen molar-refractivity contribution < 1.29 is 19.4 Å². The average molecular weight is 440 g/mol. The molecule has 1 N–H and O–H groups in total. The molecular formula is C20H14BrN3O4. The van der Waals surface area contributed by atoms with Gasteiger partial charge in [0.15, 0.2) is 0 Å². The number of methoxy groups -OCH3 is 1. The van der Waals surface area contributed by atoms with Gasteiger partial charge < -0.3 is 9.84 Å². The number of ether oxygens (including phenoxy) is 1. The summed E-state index contributed by atoms with van der Waals surface area (Å²) in [5.41, 5.74) is 1.91. The van der Waals surface area contributed by atoms with E-state index in [0.717, 1.165) is 4.47 Å². The van der Waals surface area contributed by atoms with Crippen LogP contribution in [0.3, 0.4) is 0 Å². The topological polar surface area (TPSA) is 105 Å². The van der Waals surface area contributed by atoms with Crippen molar-refractivity contribution in [2.45, 2.75) is 6.42 Å². The molecule has 0 aliphatic carbocycles. The Bertz CT molecular complexity index is 1160. The summed E-state index contributed by atoms with van der Waals surface area (Å²) in [6, 6.07) is 9.04. The number of allylic oxidation sites excluding steroid dienone is 1. The van der Waals surface area contributed by atoms with Gasteiger partial charge in [0.05, 0.1) is 24.3 Å².